The lowest BCUT2D eigenvalue weighted by Crippen LogP contribution is -2.37. The molecular formula is C15H15Cl2N3O2. The number of aliphatic hydroxyl groups excluding tert-OH is 1. The predicted octanol–water partition coefficient (Wildman–Crippen LogP) is 2.92. The number of carbonyl (C=O) groups excluding carboxylic acids is 1. The lowest BCUT2D eigenvalue weighted by molar-refractivity contribution is 0.173. The molecule has 0 bridgehead atoms. The van der Waals surface area contributed by atoms with Crippen LogP contribution in [-0.2, 0) is 6.54 Å². The molecule has 1 heterocycles. The fourth-order valence-corrected chi connectivity index (χ4v) is 2.37. The minimum Gasteiger partial charge on any atom is -0.387 e. The molecule has 2 amide bonds. The number of benzene rings is 1. The van der Waals surface area contributed by atoms with Gasteiger partial charge in [0.15, 0.2) is 0 Å². The summed E-state index contributed by atoms with van der Waals surface area (Å²) in [6.07, 6.45) is 2.44. The number of carbonyl (C=O) groups is 1. The quantitative estimate of drug-likeness (QED) is 0.783. The predicted molar refractivity (Wildman–Crippen MR) is 85.9 cm³/mol. The Kier molecular flexibility index (Phi) is 6.00. The average molecular weight is 340 g/mol. The third-order valence-electron chi connectivity index (χ3n) is 2.90. The first kappa shape index (κ1) is 16.5. The molecule has 1 aromatic heterocycles. The smallest absolute Gasteiger partial charge is 0.315 e. The minimum absolute atomic E-state index is 0.0511. The molecule has 7 heteroatoms. The van der Waals surface area contributed by atoms with Gasteiger partial charge in [-0.25, -0.2) is 4.79 Å². The number of aliphatic hydroxyl groups is 1. The van der Waals surface area contributed by atoms with Crippen molar-refractivity contribution in [3.05, 3.63) is 63.9 Å². The van der Waals surface area contributed by atoms with Gasteiger partial charge in [-0.05, 0) is 35.4 Å². The topological polar surface area (TPSA) is 74.2 Å². The Morgan fingerprint density at radius 1 is 1.23 bits per heavy atom. The Balaban J connectivity index is 1.80. The Morgan fingerprint density at radius 2 is 1.95 bits per heavy atom. The SMILES string of the molecule is O=C(NCc1cccnc1)NC[C@@H](O)c1cc(Cl)cc(Cl)c1. The van der Waals surface area contributed by atoms with E-state index < -0.39 is 6.10 Å². The van der Waals surface area contributed by atoms with Crippen LogP contribution in [-0.4, -0.2) is 22.7 Å². The van der Waals surface area contributed by atoms with Gasteiger partial charge in [-0.1, -0.05) is 29.3 Å². The molecule has 5 nitrogen and oxygen atoms in total. The van der Waals surface area contributed by atoms with Crippen LogP contribution in [0.5, 0.6) is 0 Å². The van der Waals surface area contributed by atoms with Crippen LogP contribution in [0.25, 0.3) is 0 Å². The summed E-state index contributed by atoms with van der Waals surface area (Å²) >= 11 is 11.7. The maximum absolute atomic E-state index is 11.7. The van der Waals surface area contributed by atoms with E-state index in [1.807, 2.05) is 6.07 Å². The van der Waals surface area contributed by atoms with Gasteiger partial charge in [0, 0.05) is 35.5 Å². The van der Waals surface area contributed by atoms with Gasteiger partial charge in [0.2, 0.25) is 0 Å². The summed E-state index contributed by atoms with van der Waals surface area (Å²) in [5, 5.41) is 16.2. The molecular weight excluding hydrogens is 325 g/mol. The second-order valence-electron chi connectivity index (χ2n) is 4.64. The molecule has 0 spiro atoms. The van der Waals surface area contributed by atoms with Crippen LogP contribution in [0.4, 0.5) is 4.79 Å². The summed E-state index contributed by atoms with van der Waals surface area (Å²) in [6.45, 7) is 0.411. The van der Waals surface area contributed by atoms with Gasteiger partial charge in [0.05, 0.1) is 6.10 Å². The number of hydrogen-bond donors (Lipinski definition) is 3. The van der Waals surface area contributed by atoms with E-state index in [-0.39, 0.29) is 12.6 Å². The van der Waals surface area contributed by atoms with Crippen molar-refractivity contribution in [1.82, 2.24) is 15.6 Å². The van der Waals surface area contributed by atoms with E-state index in [1.165, 1.54) is 0 Å². The normalized spacial score (nSPS) is 11.8. The van der Waals surface area contributed by atoms with Crippen LogP contribution < -0.4 is 10.6 Å². The van der Waals surface area contributed by atoms with Crippen molar-refractivity contribution in [3.8, 4) is 0 Å². The maximum atomic E-state index is 11.7. The van der Waals surface area contributed by atoms with Crippen molar-refractivity contribution in [1.29, 1.82) is 0 Å². The Morgan fingerprint density at radius 3 is 2.59 bits per heavy atom. The molecule has 116 valence electrons. The fraction of sp³-hybridized carbons (Fsp3) is 0.200. The first-order valence-corrected chi connectivity index (χ1v) is 7.35. The van der Waals surface area contributed by atoms with Crippen LogP contribution in [0.1, 0.15) is 17.2 Å². The van der Waals surface area contributed by atoms with E-state index in [0.29, 0.717) is 22.2 Å². The number of nitrogens with zero attached hydrogens (tertiary/aromatic N) is 1. The monoisotopic (exact) mass is 339 g/mol. The lowest BCUT2D eigenvalue weighted by Gasteiger charge is -2.13. The second kappa shape index (κ2) is 7.98. The zero-order valence-corrected chi connectivity index (χ0v) is 13.1. The van der Waals surface area contributed by atoms with Gasteiger partial charge in [-0.3, -0.25) is 4.98 Å². The molecule has 2 rings (SSSR count). The number of rotatable bonds is 5. The standard InChI is InChI=1S/C15H15Cl2N3O2/c16-12-4-11(5-13(17)6-12)14(21)9-20-15(22)19-8-10-2-1-3-18-7-10/h1-7,14,21H,8-9H2,(H2,19,20,22)/t14-/m1/s1. The van der Waals surface area contributed by atoms with Crippen LogP contribution in [0, 0.1) is 0 Å². The third kappa shape index (κ3) is 5.18. The maximum Gasteiger partial charge on any atom is 0.315 e. The van der Waals surface area contributed by atoms with Crippen molar-refractivity contribution in [3.63, 3.8) is 0 Å². The molecule has 0 saturated heterocycles. The molecule has 3 N–H and O–H groups in total. The number of urea groups is 1. The summed E-state index contributed by atoms with van der Waals surface area (Å²) in [6, 6.07) is 8.06. The van der Waals surface area contributed by atoms with Crippen LogP contribution in [0.3, 0.4) is 0 Å². The largest absolute Gasteiger partial charge is 0.387 e. The highest BCUT2D eigenvalue weighted by atomic mass is 35.5. The van der Waals surface area contributed by atoms with E-state index in [9.17, 15) is 9.90 Å². The second-order valence-corrected chi connectivity index (χ2v) is 5.52. The van der Waals surface area contributed by atoms with Crippen molar-refractivity contribution < 1.29 is 9.90 Å². The molecule has 0 fully saturated rings. The van der Waals surface area contributed by atoms with E-state index in [2.05, 4.69) is 15.6 Å². The third-order valence-corrected chi connectivity index (χ3v) is 3.34. The van der Waals surface area contributed by atoms with E-state index in [1.54, 1.807) is 36.7 Å². The first-order chi connectivity index (χ1) is 10.5. The van der Waals surface area contributed by atoms with Crippen molar-refractivity contribution in [2.24, 2.45) is 0 Å². The number of halogens is 2. The molecule has 0 aliphatic carbocycles. The number of nitrogens with one attached hydrogen (secondary N) is 2. The molecule has 22 heavy (non-hydrogen) atoms. The van der Waals surface area contributed by atoms with Crippen molar-refractivity contribution >= 4 is 29.2 Å². The van der Waals surface area contributed by atoms with Gasteiger partial charge < -0.3 is 15.7 Å². The van der Waals surface area contributed by atoms with E-state index in [0.717, 1.165) is 5.56 Å². The van der Waals surface area contributed by atoms with Gasteiger partial charge in [0.25, 0.3) is 0 Å². The number of amides is 2. The number of hydrogen-bond acceptors (Lipinski definition) is 3. The summed E-state index contributed by atoms with van der Waals surface area (Å²) in [7, 11) is 0. The molecule has 0 aliphatic heterocycles. The summed E-state index contributed by atoms with van der Waals surface area (Å²) in [5.41, 5.74) is 1.44. The highest BCUT2D eigenvalue weighted by molar-refractivity contribution is 6.34. The summed E-state index contributed by atoms with van der Waals surface area (Å²) in [4.78, 5) is 15.6. The molecule has 1 atom stereocenters. The minimum atomic E-state index is -0.889. The number of pyridine rings is 1. The molecule has 0 radical (unpaired) electrons. The average Bonchev–Trinajstić information content (AvgIpc) is 2.50. The Hall–Kier alpha value is -1.82. The Bertz CT molecular complexity index is 618. The van der Waals surface area contributed by atoms with Gasteiger partial charge >= 0.3 is 6.03 Å². The van der Waals surface area contributed by atoms with Crippen molar-refractivity contribution in [2.45, 2.75) is 12.6 Å². The highest BCUT2D eigenvalue weighted by Crippen LogP contribution is 2.23. The summed E-state index contributed by atoms with van der Waals surface area (Å²) in [5.74, 6) is 0. The van der Waals surface area contributed by atoms with Crippen LogP contribution >= 0.6 is 23.2 Å². The zero-order chi connectivity index (χ0) is 15.9. The van der Waals surface area contributed by atoms with E-state index in [4.69, 9.17) is 23.2 Å². The lowest BCUT2D eigenvalue weighted by atomic mass is 10.1. The van der Waals surface area contributed by atoms with Gasteiger partial charge in [-0.15, -0.1) is 0 Å². The molecule has 0 saturated carbocycles. The molecule has 0 aliphatic rings. The van der Waals surface area contributed by atoms with Gasteiger partial charge in [0.1, 0.15) is 0 Å². The van der Waals surface area contributed by atoms with Crippen LogP contribution in [0.15, 0.2) is 42.7 Å². The Labute approximate surface area is 138 Å². The van der Waals surface area contributed by atoms with Gasteiger partial charge in [-0.2, -0.15) is 0 Å². The van der Waals surface area contributed by atoms with Crippen LogP contribution in [0.2, 0.25) is 10.0 Å². The molecule has 0 unspecified atom stereocenters. The molecule has 1 aromatic carbocycles. The van der Waals surface area contributed by atoms with E-state index >= 15 is 0 Å². The zero-order valence-electron chi connectivity index (χ0n) is 11.6. The first-order valence-electron chi connectivity index (χ1n) is 6.59. The van der Waals surface area contributed by atoms with Crippen molar-refractivity contribution in [2.75, 3.05) is 6.54 Å². The fourth-order valence-electron chi connectivity index (χ4n) is 1.82. The molecule has 2 aromatic rings. The summed E-state index contributed by atoms with van der Waals surface area (Å²) < 4.78 is 0. The highest BCUT2D eigenvalue weighted by Gasteiger charge is 2.11. The number of aromatic nitrogens is 1.